The van der Waals surface area contributed by atoms with Crippen LogP contribution in [-0.2, 0) is 12.3 Å². The predicted molar refractivity (Wildman–Crippen MR) is 88.9 cm³/mol. The van der Waals surface area contributed by atoms with Gasteiger partial charge in [-0.05, 0) is 28.5 Å². The fourth-order valence-electron chi connectivity index (χ4n) is 2.45. The summed E-state index contributed by atoms with van der Waals surface area (Å²) < 4.78 is 19.4. The SMILES string of the molecule is COc1cc(-c2ccc(CCl)cc2CC(C)(C)C)c(F)cn1. The second-order valence-electron chi connectivity index (χ2n) is 6.57. The second-order valence-corrected chi connectivity index (χ2v) is 6.84. The third-order valence-corrected chi connectivity index (χ3v) is 3.68. The molecule has 4 heteroatoms. The van der Waals surface area contributed by atoms with Crippen LogP contribution in [0.1, 0.15) is 31.9 Å². The Morgan fingerprint density at radius 1 is 1.18 bits per heavy atom. The van der Waals surface area contributed by atoms with Gasteiger partial charge in [0, 0.05) is 17.5 Å². The van der Waals surface area contributed by atoms with Crippen LogP contribution in [0.15, 0.2) is 30.5 Å². The van der Waals surface area contributed by atoms with Crippen molar-refractivity contribution in [3.05, 3.63) is 47.4 Å². The number of nitrogens with zero attached hydrogens (tertiary/aromatic N) is 1. The number of hydrogen-bond acceptors (Lipinski definition) is 2. The van der Waals surface area contributed by atoms with Crippen LogP contribution >= 0.6 is 11.6 Å². The van der Waals surface area contributed by atoms with Gasteiger partial charge in [0.1, 0.15) is 5.82 Å². The summed E-state index contributed by atoms with van der Waals surface area (Å²) >= 11 is 5.94. The number of methoxy groups -OCH3 is 1. The van der Waals surface area contributed by atoms with Crippen molar-refractivity contribution in [1.29, 1.82) is 0 Å². The number of halogens is 2. The van der Waals surface area contributed by atoms with E-state index in [-0.39, 0.29) is 11.2 Å². The molecule has 1 heterocycles. The Hall–Kier alpha value is -1.61. The van der Waals surface area contributed by atoms with Crippen LogP contribution in [0.5, 0.6) is 5.88 Å². The van der Waals surface area contributed by atoms with E-state index in [0.717, 1.165) is 23.1 Å². The molecule has 0 amide bonds. The molecule has 0 saturated heterocycles. The van der Waals surface area contributed by atoms with E-state index >= 15 is 0 Å². The average molecular weight is 322 g/mol. The van der Waals surface area contributed by atoms with Gasteiger partial charge in [-0.1, -0.05) is 39.0 Å². The van der Waals surface area contributed by atoms with Crippen LogP contribution in [0.3, 0.4) is 0 Å². The molecule has 0 aliphatic carbocycles. The van der Waals surface area contributed by atoms with Crippen molar-refractivity contribution in [3.8, 4) is 17.0 Å². The van der Waals surface area contributed by atoms with E-state index in [1.54, 1.807) is 6.07 Å². The first-order valence-electron chi connectivity index (χ1n) is 7.22. The van der Waals surface area contributed by atoms with Gasteiger partial charge in [0.05, 0.1) is 13.3 Å². The lowest BCUT2D eigenvalue weighted by Gasteiger charge is -2.21. The van der Waals surface area contributed by atoms with E-state index < -0.39 is 0 Å². The van der Waals surface area contributed by atoms with Gasteiger partial charge >= 0.3 is 0 Å². The van der Waals surface area contributed by atoms with Crippen LogP contribution in [0.25, 0.3) is 11.1 Å². The van der Waals surface area contributed by atoms with E-state index in [9.17, 15) is 4.39 Å². The van der Waals surface area contributed by atoms with E-state index in [1.165, 1.54) is 13.3 Å². The van der Waals surface area contributed by atoms with Gasteiger partial charge in [0.15, 0.2) is 0 Å². The summed E-state index contributed by atoms with van der Waals surface area (Å²) in [5, 5.41) is 0. The first kappa shape index (κ1) is 16.8. The number of hydrogen-bond donors (Lipinski definition) is 0. The zero-order valence-corrected chi connectivity index (χ0v) is 14.2. The molecule has 118 valence electrons. The quantitative estimate of drug-likeness (QED) is 0.720. The molecule has 2 aromatic rings. The molecule has 0 spiro atoms. The molecule has 0 aliphatic heterocycles. The van der Waals surface area contributed by atoms with E-state index in [2.05, 4.69) is 31.8 Å². The van der Waals surface area contributed by atoms with Crippen LogP contribution in [-0.4, -0.2) is 12.1 Å². The van der Waals surface area contributed by atoms with Crippen molar-refractivity contribution < 1.29 is 9.13 Å². The van der Waals surface area contributed by atoms with Crippen molar-refractivity contribution in [2.24, 2.45) is 5.41 Å². The van der Waals surface area contributed by atoms with Crippen LogP contribution in [0, 0.1) is 11.2 Å². The summed E-state index contributed by atoms with van der Waals surface area (Å²) in [6.45, 7) is 6.48. The van der Waals surface area contributed by atoms with Gasteiger partial charge in [-0.2, -0.15) is 0 Å². The minimum atomic E-state index is -0.352. The van der Waals surface area contributed by atoms with Crippen molar-refractivity contribution in [1.82, 2.24) is 4.98 Å². The second kappa shape index (κ2) is 6.66. The van der Waals surface area contributed by atoms with E-state index in [4.69, 9.17) is 16.3 Å². The molecule has 0 atom stereocenters. The van der Waals surface area contributed by atoms with Crippen molar-refractivity contribution >= 4 is 11.6 Å². The fourth-order valence-corrected chi connectivity index (χ4v) is 2.61. The van der Waals surface area contributed by atoms with Gasteiger partial charge < -0.3 is 4.74 Å². The highest BCUT2D eigenvalue weighted by Crippen LogP contribution is 2.33. The average Bonchev–Trinajstić information content (AvgIpc) is 2.46. The first-order valence-corrected chi connectivity index (χ1v) is 7.75. The molecule has 0 bridgehead atoms. The third-order valence-electron chi connectivity index (χ3n) is 3.37. The lowest BCUT2D eigenvalue weighted by Crippen LogP contribution is -2.10. The molecule has 0 fully saturated rings. The maximum atomic E-state index is 14.2. The maximum Gasteiger partial charge on any atom is 0.213 e. The number of alkyl halides is 1. The minimum Gasteiger partial charge on any atom is -0.481 e. The summed E-state index contributed by atoms with van der Waals surface area (Å²) in [6.07, 6.45) is 2.03. The largest absolute Gasteiger partial charge is 0.481 e. The van der Waals surface area contributed by atoms with Gasteiger partial charge in [0.2, 0.25) is 5.88 Å². The summed E-state index contributed by atoms with van der Waals surface area (Å²) in [5.74, 6) is 0.494. The van der Waals surface area contributed by atoms with Crippen molar-refractivity contribution in [2.45, 2.75) is 33.1 Å². The summed E-state index contributed by atoms with van der Waals surface area (Å²) in [7, 11) is 1.52. The predicted octanol–water partition coefficient (Wildman–Crippen LogP) is 5.22. The van der Waals surface area contributed by atoms with Gasteiger partial charge in [-0.3, -0.25) is 0 Å². The number of benzene rings is 1. The summed E-state index contributed by atoms with van der Waals surface area (Å²) in [5.41, 5.74) is 3.57. The Bertz CT molecular complexity index is 665. The van der Waals surface area contributed by atoms with Crippen LogP contribution < -0.4 is 4.74 Å². The lowest BCUT2D eigenvalue weighted by atomic mass is 9.84. The monoisotopic (exact) mass is 321 g/mol. The number of ether oxygens (including phenoxy) is 1. The molecule has 0 saturated carbocycles. The first-order chi connectivity index (χ1) is 10.3. The molecule has 0 radical (unpaired) electrons. The van der Waals surface area contributed by atoms with Gasteiger partial charge in [-0.25, -0.2) is 9.37 Å². The standard InChI is InChI=1S/C18H21ClFNO/c1-18(2,3)9-13-7-12(10-19)5-6-14(13)15-8-17(22-4)21-11-16(15)20/h5-8,11H,9-10H2,1-4H3. The fraction of sp³-hybridized carbons (Fsp3) is 0.389. The van der Waals surface area contributed by atoms with Crippen molar-refractivity contribution in [3.63, 3.8) is 0 Å². The lowest BCUT2D eigenvalue weighted by molar-refractivity contribution is 0.396. The van der Waals surface area contributed by atoms with E-state index in [0.29, 0.717) is 17.3 Å². The Labute approximate surface area is 136 Å². The highest BCUT2D eigenvalue weighted by Gasteiger charge is 2.18. The zero-order chi connectivity index (χ0) is 16.3. The number of rotatable bonds is 4. The van der Waals surface area contributed by atoms with Crippen LogP contribution in [0.4, 0.5) is 4.39 Å². The highest BCUT2D eigenvalue weighted by atomic mass is 35.5. The Morgan fingerprint density at radius 3 is 2.50 bits per heavy atom. The normalized spacial score (nSPS) is 11.5. The van der Waals surface area contributed by atoms with Gasteiger partial charge in [0.25, 0.3) is 0 Å². The topological polar surface area (TPSA) is 22.1 Å². The molecule has 2 nitrogen and oxygen atoms in total. The molecule has 1 aromatic heterocycles. The molecule has 2 rings (SSSR count). The Morgan fingerprint density at radius 2 is 1.91 bits per heavy atom. The molecule has 1 aromatic carbocycles. The van der Waals surface area contributed by atoms with E-state index in [1.807, 2.05) is 12.1 Å². The smallest absolute Gasteiger partial charge is 0.213 e. The number of pyridine rings is 1. The van der Waals surface area contributed by atoms with Gasteiger partial charge in [-0.15, -0.1) is 11.6 Å². The highest BCUT2D eigenvalue weighted by molar-refractivity contribution is 6.17. The molecular weight excluding hydrogens is 301 g/mol. The zero-order valence-electron chi connectivity index (χ0n) is 13.4. The Kier molecular flexibility index (Phi) is 5.07. The maximum absolute atomic E-state index is 14.2. The molecule has 22 heavy (non-hydrogen) atoms. The van der Waals surface area contributed by atoms with Crippen molar-refractivity contribution in [2.75, 3.05) is 7.11 Å². The third kappa shape index (κ3) is 3.98. The number of aromatic nitrogens is 1. The van der Waals surface area contributed by atoms with Crippen LogP contribution in [0.2, 0.25) is 0 Å². The molecule has 0 unspecified atom stereocenters. The molecule has 0 N–H and O–H groups in total. The molecule has 0 aliphatic rings. The minimum absolute atomic E-state index is 0.0906. The summed E-state index contributed by atoms with van der Waals surface area (Å²) in [4.78, 5) is 3.90. The summed E-state index contributed by atoms with van der Waals surface area (Å²) in [6, 6.07) is 7.55. The Balaban J connectivity index is 2.59. The molecular formula is C18H21ClFNO.